The van der Waals surface area contributed by atoms with Crippen molar-refractivity contribution in [2.45, 2.75) is 91.8 Å². The van der Waals surface area contributed by atoms with E-state index in [1.54, 1.807) is 20.2 Å². The van der Waals surface area contributed by atoms with Crippen molar-refractivity contribution in [3.63, 3.8) is 0 Å². The van der Waals surface area contributed by atoms with E-state index < -0.39 is 5.67 Å². The Bertz CT molecular complexity index is 955. The maximum absolute atomic E-state index is 13.2. The van der Waals surface area contributed by atoms with Crippen LogP contribution in [0.25, 0.3) is 5.57 Å². The third-order valence-corrected chi connectivity index (χ3v) is 6.74. The van der Waals surface area contributed by atoms with Crippen molar-refractivity contribution in [1.82, 2.24) is 20.6 Å². The Morgan fingerprint density at radius 3 is 2.47 bits per heavy atom. The second-order valence-corrected chi connectivity index (χ2v) is 10.00. The average molecular weight is 529 g/mol. The van der Waals surface area contributed by atoms with Crippen molar-refractivity contribution in [1.29, 1.82) is 0 Å². The van der Waals surface area contributed by atoms with Gasteiger partial charge in [-0.25, -0.2) is 14.4 Å². The summed E-state index contributed by atoms with van der Waals surface area (Å²) in [6.07, 6.45) is 13.9. The number of hydrogen-bond donors (Lipinski definition) is 4. The number of nitrogens with two attached hydrogens (primary N) is 1. The summed E-state index contributed by atoms with van der Waals surface area (Å²) in [7, 11) is 1.79. The Morgan fingerprint density at radius 2 is 1.97 bits per heavy atom. The molecule has 8 heteroatoms. The molecule has 212 valence electrons. The Kier molecular flexibility index (Phi) is 14.4. The van der Waals surface area contributed by atoms with Crippen molar-refractivity contribution in [3.05, 3.63) is 60.5 Å². The topological polar surface area (TPSA) is 105 Å². The Labute approximate surface area is 229 Å². The lowest BCUT2D eigenvalue weighted by molar-refractivity contribution is -0.116. The molecule has 3 rings (SSSR count). The van der Waals surface area contributed by atoms with Crippen LogP contribution >= 0.6 is 0 Å². The van der Waals surface area contributed by atoms with Crippen LogP contribution in [0.15, 0.2) is 49.0 Å². The van der Waals surface area contributed by atoms with Gasteiger partial charge >= 0.3 is 0 Å². The van der Waals surface area contributed by atoms with E-state index in [1.807, 2.05) is 45.2 Å². The highest BCUT2D eigenvalue weighted by atomic mass is 19.1. The molecule has 2 aliphatic carbocycles. The number of alkyl halides is 1. The number of aromatic nitrogens is 2. The summed E-state index contributed by atoms with van der Waals surface area (Å²) >= 11 is 0. The summed E-state index contributed by atoms with van der Waals surface area (Å²) in [6.45, 7) is 15.5. The van der Waals surface area contributed by atoms with Gasteiger partial charge in [0.1, 0.15) is 11.5 Å². The van der Waals surface area contributed by atoms with Crippen LogP contribution in [-0.4, -0.2) is 34.6 Å². The number of carbonyl (C=O) groups excluding carboxylic acids is 1. The van der Waals surface area contributed by atoms with E-state index in [0.717, 1.165) is 31.4 Å². The number of rotatable bonds is 9. The zero-order valence-corrected chi connectivity index (χ0v) is 24.4. The molecule has 2 fully saturated rings. The first kappa shape index (κ1) is 32.9. The van der Waals surface area contributed by atoms with Gasteiger partial charge in [-0.3, -0.25) is 4.79 Å². The number of carbonyl (C=O) groups is 1. The van der Waals surface area contributed by atoms with E-state index in [9.17, 15) is 9.18 Å². The predicted molar refractivity (Wildman–Crippen MR) is 158 cm³/mol. The molecule has 1 heterocycles. The molecule has 5 N–H and O–H groups in total. The fourth-order valence-corrected chi connectivity index (χ4v) is 4.53. The first-order chi connectivity index (χ1) is 18.1. The van der Waals surface area contributed by atoms with Gasteiger partial charge in [0.15, 0.2) is 5.82 Å². The highest BCUT2D eigenvalue weighted by molar-refractivity contribution is 6.18. The van der Waals surface area contributed by atoms with Crippen molar-refractivity contribution >= 4 is 17.3 Å². The SMILES string of the molecule is C=CN/C=C\C=C(\C)C1CC(C)(F)C1.CC.CCc1cc(NC)nc(/C(=C\N)C(=O)NC2CCC(C)C2)n1. The van der Waals surface area contributed by atoms with E-state index in [0.29, 0.717) is 41.9 Å². The fraction of sp³-hybridized carbons (Fsp3) is 0.567. The minimum Gasteiger partial charge on any atom is -0.404 e. The first-order valence-corrected chi connectivity index (χ1v) is 13.8. The molecule has 1 amide bonds. The number of anilines is 1. The molecule has 1 aromatic rings. The van der Waals surface area contributed by atoms with Crippen LogP contribution in [0.3, 0.4) is 0 Å². The lowest BCUT2D eigenvalue weighted by Gasteiger charge is -2.39. The molecule has 0 saturated heterocycles. The predicted octanol–water partition coefficient (Wildman–Crippen LogP) is 6.03. The molecule has 0 radical (unpaired) electrons. The Balaban J connectivity index is 0.000000389. The van der Waals surface area contributed by atoms with Crippen LogP contribution in [0.4, 0.5) is 10.2 Å². The summed E-state index contributed by atoms with van der Waals surface area (Å²) in [5, 5.41) is 8.89. The molecule has 0 spiro atoms. The summed E-state index contributed by atoms with van der Waals surface area (Å²) < 4.78 is 13.2. The van der Waals surface area contributed by atoms with E-state index in [2.05, 4.69) is 46.3 Å². The summed E-state index contributed by atoms with van der Waals surface area (Å²) in [4.78, 5) is 21.2. The number of amides is 1. The lowest BCUT2D eigenvalue weighted by Crippen LogP contribution is -2.37. The molecule has 0 aliphatic heterocycles. The Hall–Kier alpha value is -3.16. The zero-order valence-electron chi connectivity index (χ0n) is 24.4. The monoisotopic (exact) mass is 528 g/mol. The van der Waals surface area contributed by atoms with Crippen LogP contribution in [0.2, 0.25) is 0 Å². The number of aryl methyl sites for hydroxylation is 1. The van der Waals surface area contributed by atoms with E-state index in [4.69, 9.17) is 5.73 Å². The molecule has 38 heavy (non-hydrogen) atoms. The maximum atomic E-state index is 13.2. The normalized spacial score (nSPS) is 24.8. The van der Waals surface area contributed by atoms with Gasteiger partial charge in [-0.1, -0.05) is 45.9 Å². The fourth-order valence-electron chi connectivity index (χ4n) is 4.53. The minimum atomic E-state index is -0.928. The molecule has 1 aromatic heterocycles. The second-order valence-electron chi connectivity index (χ2n) is 10.00. The molecule has 2 saturated carbocycles. The molecule has 2 atom stereocenters. The van der Waals surface area contributed by atoms with Crippen molar-refractivity contribution in [2.24, 2.45) is 17.6 Å². The third-order valence-electron chi connectivity index (χ3n) is 6.74. The molecule has 2 aliphatic rings. The van der Waals surface area contributed by atoms with Gasteiger partial charge < -0.3 is 21.7 Å². The van der Waals surface area contributed by atoms with E-state index in [1.165, 1.54) is 11.8 Å². The number of nitrogens with one attached hydrogen (secondary N) is 3. The van der Waals surface area contributed by atoms with Crippen LogP contribution in [0.1, 0.15) is 85.2 Å². The van der Waals surface area contributed by atoms with Crippen molar-refractivity contribution in [2.75, 3.05) is 12.4 Å². The summed E-state index contributed by atoms with van der Waals surface area (Å²) in [5.74, 6) is 1.94. The highest BCUT2D eigenvalue weighted by Crippen LogP contribution is 2.44. The molecule has 2 unspecified atom stereocenters. The number of hydrogen-bond acceptors (Lipinski definition) is 6. The van der Waals surface area contributed by atoms with Gasteiger partial charge in [-0.05, 0) is 76.5 Å². The molecule has 0 bridgehead atoms. The summed E-state index contributed by atoms with van der Waals surface area (Å²) in [6, 6.07) is 2.09. The standard InChI is InChI=1S/C16H25N5O.C12H18FN.C2H6/c1-4-11-8-14(18-3)21-15(19-11)13(9-17)16(22)20-12-6-5-10(2)7-12;1-4-14-7-5-6-10(2)11-8-12(3,13)9-11;1-2/h8-10,12H,4-7,17H2,1-3H3,(H,20,22)(H,18,19,21);4-7,11,14H,1,8-9H2,2-3H3;1-2H3/b13-9+;7-5-,10-6-;. The molecule has 0 aromatic carbocycles. The second kappa shape index (κ2) is 16.6. The van der Waals surface area contributed by atoms with Crippen LogP contribution in [-0.2, 0) is 11.2 Å². The van der Waals surface area contributed by atoms with Crippen LogP contribution < -0.4 is 21.7 Å². The average Bonchev–Trinajstić information content (AvgIpc) is 3.30. The number of nitrogens with zero attached hydrogens (tertiary/aromatic N) is 2. The van der Waals surface area contributed by atoms with Gasteiger partial charge in [0.2, 0.25) is 0 Å². The molecular formula is C30H49FN6O. The number of halogens is 1. The van der Waals surface area contributed by atoms with Crippen molar-refractivity contribution < 1.29 is 9.18 Å². The van der Waals surface area contributed by atoms with E-state index >= 15 is 0 Å². The smallest absolute Gasteiger partial charge is 0.256 e. The zero-order chi connectivity index (χ0) is 28.7. The molecule has 7 nitrogen and oxygen atoms in total. The van der Waals surface area contributed by atoms with Gasteiger partial charge in [0, 0.05) is 37.2 Å². The highest BCUT2D eigenvalue weighted by Gasteiger charge is 2.40. The lowest BCUT2D eigenvalue weighted by atomic mass is 9.70. The summed E-state index contributed by atoms with van der Waals surface area (Å²) in [5.41, 5.74) is 7.19. The Morgan fingerprint density at radius 1 is 1.29 bits per heavy atom. The van der Waals surface area contributed by atoms with Crippen molar-refractivity contribution in [3.8, 4) is 0 Å². The quantitative estimate of drug-likeness (QED) is 0.230. The largest absolute Gasteiger partial charge is 0.404 e. The minimum absolute atomic E-state index is 0.197. The van der Waals surface area contributed by atoms with Gasteiger partial charge in [-0.15, -0.1) is 0 Å². The number of allylic oxidation sites excluding steroid dienone is 3. The molecular weight excluding hydrogens is 479 g/mol. The first-order valence-electron chi connectivity index (χ1n) is 13.8. The van der Waals surface area contributed by atoms with Gasteiger partial charge in [-0.2, -0.15) is 0 Å². The van der Waals surface area contributed by atoms with Gasteiger partial charge in [0.05, 0.1) is 5.57 Å². The van der Waals surface area contributed by atoms with E-state index in [-0.39, 0.29) is 11.9 Å². The van der Waals surface area contributed by atoms with Crippen LogP contribution in [0.5, 0.6) is 0 Å². The van der Waals surface area contributed by atoms with Crippen LogP contribution in [0, 0.1) is 11.8 Å². The third kappa shape index (κ3) is 10.7. The maximum Gasteiger partial charge on any atom is 0.256 e. The van der Waals surface area contributed by atoms with Gasteiger partial charge in [0.25, 0.3) is 5.91 Å².